The molecular formula is C25H23ClN2O5. The molecule has 4 rings (SSSR count). The number of nitrogens with zero attached hydrogens (tertiary/aromatic N) is 2. The molecule has 1 unspecified atom stereocenters. The van der Waals surface area contributed by atoms with Gasteiger partial charge in [-0.1, -0.05) is 41.9 Å². The fourth-order valence-electron chi connectivity index (χ4n) is 4.04. The van der Waals surface area contributed by atoms with E-state index in [0.29, 0.717) is 30.0 Å². The highest BCUT2D eigenvalue weighted by Gasteiger charge is 2.35. The largest absolute Gasteiger partial charge is 0.493 e. The number of benzene rings is 2. The van der Waals surface area contributed by atoms with E-state index in [0.717, 1.165) is 15.7 Å². The maximum atomic E-state index is 13.7. The maximum absolute atomic E-state index is 13.7. The van der Waals surface area contributed by atoms with Crippen LogP contribution in [0, 0.1) is 0 Å². The maximum Gasteiger partial charge on any atom is 0.254 e. The summed E-state index contributed by atoms with van der Waals surface area (Å²) in [5.74, 6) is 0.254. The van der Waals surface area contributed by atoms with Crippen LogP contribution in [0.25, 0.3) is 0 Å². The Morgan fingerprint density at radius 1 is 0.970 bits per heavy atom. The Bertz CT molecular complexity index is 1260. The summed E-state index contributed by atoms with van der Waals surface area (Å²) >= 11 is 6.11. The first-order valence-electron chi connectivity index (χ1n) is 10.4. The van der Waals surface area contributed by atoms with Crippen molar-refractivity contribution in [3.63, 3.8) is 0 Å². The standard InChI is InChI=1S/C25H23ClN2O5/c1-32-20-12-17-10-11-27(14-18(17)13-21(20)33-2)25(31)23(24(30)16-6-4-3-5-7-16)28-15-19(26)8-9-22(28)29/h3-9,12-13,15,23H,10-11,14H2,1-2H3. The molecule has 0 N–H and O–H groups in total. The highest BCUT2D eigenvalue weighted by Crippen LogP contribution is 2.34. The van der Waals surface area contributed by atoms with Gasteiger partial charge < -0.3 is 14.4 Å². The monoisotopic (exact) mass is 466 g/mol. The molecule has 33 heavy (non-hydrogen) atoms. The molecular weight excluding hydrogens is 444 g/mol. The van der Waals surface area contributed by atoms with Crippen molar-refractivity contribution >= 4 is 23.3 Å². The first kappa shape index (κ1) is 22.6. The fraction of sp³-hybridized carbons (Fsp3) is 0.240. The summed E-state index contributed by atoms with van der Waals surface area (Å²) in [6.07, 6.45) is 1.91. The van der Waals surface area contributed by atoms with Gasteiger partial charge in [-0.05, 0) is 35.7 Å². The fourth-order valence-corrected chi connectivity index (χ4v) is 4.21. The molecule has 0 bridgehead atoms. The third-order valence-electron chi connectivity index (χ3n) is 5.75. The molecule has 1 aliphatic rings. The highest BCUT2D eigenvalue weighted by atomic mass is 35.5. The van der Waals surface area contributed by atoms with Crippen molar-refractivity contribution in [3.05, 3.63) is 92.9 Å². The first-order valence-corrected chi connectivity index (χ1v) is 10.8. The summed E-state index contributed by atoms with van der Waals surface area (Å²) in [6, 6.07) is 13.5. The van der Waals surface area contributed by atoms with E-state index in [4.69, 9.17) is 21.1 Å². The molecule has 0 spiro atoms. The van der Waals surface area contributed by atoms with E-state index in [1.54, 1.807) is 49.5 Å². The van der Waals surface area contributed by atoms with Crippen LogP contribution in [-0.2, 0) is 17.8 Å². The van der Waals surface area contributed by atoms with Gasteiger partial charge in [0.05, 0.1) is 19.2 Å². The topological polar surface area (TPSA) is 77.8 Å². The number of methoxy groups -OCH3 is 2. The van der Waals surface area contributed by atoms with E-state index < -0.39 is 23.3 Å². The van der Waals surface area contributed by atoms with Crippen LogP contribution in [0.3, 0.4) is 0 Å². The van der Waals surface area contributed by atoms with Crippen molar-refractivity contribution in [2.45, 2.75) is 19.0 Å². The number of hydrogen-bond acceptors (Lipinski definition) is 5. The molecule has 0 saturated heterocycles. The van der Waals surface area contributed by atoms with Crippen molar-refractivity contribution in [2.75, 3.05) is 20.8 Å². The van der Waals surface area contributed by atoms with Gasteiger partial charge in [0, 0.05) is 30.9 Å². The van der Waals surface area contributed by atoms with E-state index in [1.807, 2.05) is 12.1 Å². The lowest BCUT2D eigenvalue weighted by atomic mass is 9.96. The minimum Gasteiger partial charge on any atom is -0.493 e. The molecule has 1 aliphatic heterocycles. The Hall–Kier alpha value is -3.58. The summed E-state index contributed by atoms with van der Waals surface area (Å²) in [6.45, 7) is 0.678. The number of pyridine rings is 1. The molecule has 1 amide bonds. The number of fused-ring (bicyclic) bond motifs is 1. The van der Waals surface area contributed by atoms with Gasteiger partial charge >= 0.3 is 0 Å². The van der Waals surface area contributed by atoms with Gasteiger partial charge in [0.1, 0.15) is 0 Å². The van der Waals surface area contributed by atoms with Crippen LogP contribution in [-0.4, -0.2) is 41.9 Å². The SMILES string of the molecule is COc1cc2c(cc1OC)CN(C(=O)C(C(=O)c1ccccc1)n1cc(Cl)ccc1=O)CC2. The minimum atomic E-state index is -1.36. The van der Waals surface area contributed by atoms with Crippen LogP contribution in [0.2, 0.25) is 5.02 Å². The van der Waals surface area contributed by atoms with Crippen LogP contribution in [0.5, 0.6) is 11.5 Å². The number of ether oxygens (including phenoxy) is 2. The smallest absolute Gasteiger partial charge is 0.254 e. The number of carbonyl (C=O) groups is 2. The van der Waals surface area contributed by atoms with Crippen LogP contribution in [0.4, 0.5) is 0 Å². The minimum absolute atomic E-state index is 0.258. The lowest BCUT2D eigenvalue weighted by Crippen LogP contribution is -2.45. The number of Topliss-reactive ketones (excluding diaryl/α,β-unsaturated/α-hetero) is 1. The molecule has 0 aliphatic carbocycles. The summed E-state index contributed by atoms with van der Waals surface area (Å²) in [4.78, 5) is 41.4. The number of rotatable bonds is 6. The van der Waals surface area contributed by atoms with Gasteiger partial charge in [-0.25, -0.2) is 0 Å². The van der Waals surface area contributed by atoms with Crippen LogP contribution < -0.4 is 15.0 Å². The van der Waals surface area contributed by atoms with Gasteiger partial charge in [0.15, 0.2) is 23.3 Å². The van der Waals surface area contributed by atoms with Gasteiger partial charge in [-0.2, -0.15) is 0 Å². The van der Waals surface area contributed by atoms with Crippen molar-refractivity contribution in [3.8, 4) is 11.5 Å². The van der Waals surface area contributed by atoms with E-state index in [9.17, 15) is 14.4 Å². The zero-order valence-electron chi connectivity index (χ0n) is 18.3. The average Bonchev–Trinajstić information content (AvgIpc) is 2.85. The van der Waals surface area contributed by atoms with E-state index in [1.165, 1.54) is 18.3 Å². The van der Waals surface area contributed by atoms with E-state index in [2.05, 4.69) is 0 Å². The van der Waals surface area contributed by atoms with Crippen molar-refractivity contribution in [2.24, 2.45) is 0 Å². The van der Waals surface area contributed by atoms with Crippen molar-refractivity contribution < 1.29 is 19.1 Å². The molecule has 0 fully saturated rings. The third-order valence-corrected chi connectivity index (χ3v) is 5.97. The number of carbonyl (C=O) groups excluding carboxylic acids is 2. The predicted octanol–water partition coefficient (Wildman–Crippen LogP) is 3.53. The molecule has 1 aromatic heterocycles. The normalized spacial score (nSPS) is 13.7. The zero-order chi connectivity index (χ0) is 23.5. The van der Waals surface area contributed by atoms with Crippen molar-refractivity contribution in [1.29, 1.82) is 0 Å². The molecule has 0 radical (unpaired) electrons. The second-order valence-electron chi connectivity index (χ2n) is 7.71. The Kier molecular flexibility index (Phi) is 6.51. The first-order chi connectivity index (χ1) is 15.9. The van der Waals surface area contributed by atoms with Gasteiger partial charge in [-0.15, -0.1) is 0 Å². The summed E-state index contributed by atoms with van der Waals surface area (Å²) in [5, 5.41) is 0.258. The molecule has 8 heteroatoms. The van der Waals surface area contributed by atoms with E-state index in [-0.39, 0.29) is 11.6 Å². The average molecular weight is 467 g/mol. The zero-order valence-corrected chi connectivity index (χ0v) is 19.0. The summed E-state index contributed by atoms with van der Waals surface area (Å²) in [5.41, 5.74) is 1.80. The lowest BCUT2D eigenvalue weighted by molar-refractivity contribution is -0.134. The number of halogens is 1. The van der Waals surface area contributed by atoms with Gasteiger partial charge in [-0.3, -0.25) is 19.0 Å². The molecule has 1 atom stereocenters. The number of ketones is 1. The molecule has 7 nitrogen and oxygen atoms in total. The predicted molar refractivity (Wildman–Crippen MR) is 124 cm³/mol. The Morgan fingerprint density at radius 3 is 2.30 bits per heavy atom. The molecule has 0 saturated carbocycles. The quantitative estimate of drug-likeness (QED) is 0.410. The molecule has 3 aromatic rings. The highest BCUT2D eigenvalue weighted by molar-refractivity contribution is 6.30. The van der Waals surface area contributed by atoms with Gasteiger partial charge in [0.2, 0.25) is 0 Å². The second kappa shape index (κ2) is 9.50. The molecule has 2 heterocycles. The Labute approximate surface area is 196 Å². The van der Waals surface area contributed by atoms with Crippen LogP contribution in [0.15, 0.2) is 65.6 Å². The number of aromatic nitrogens is 1. The lowest BCUT2D eigenvalue weighted by Gasteiger charge is -2.32. The van der Waals surface area contributed by atoms with Crippen LogP contribution >= 0.6 is 11.6 Å². The van der Waals surface area contributed by atoms with E-state index >= 15 is 0 Å². The Morgan fingerprint density at radius 2 is 1.64 bits per heavy atom. The number of amides is 1. The van der Waals surface area contributed by atoms with Crippen LogP contribution in [0.1, 0.15) is 27.5 Å². The second-order valence-corrected chi connectivity index (χ2v) is 8.15. The third kappa shape index (κ3) is 4.50. The Balaban J connectivity index is 1.72. The van der Waals surface area contributed by atoms with Crippen molar-refractivity contribution in [1.82, 2.24) is 9.47 Å². The molecule has 2 aromatic carbocycles. The van der Waals surface area contributed by atoms with Gasteiger partial charge in [0.25, 0.3) is 11.5 Å². The molecule has 170 valence electrons. The summed E-state index contributed by atoms with van der Waals surface area (Å²) < 4.78 is 11.9. The number of hydrogen-bond donors (Lipinski definition) is 0. The summed E-state index contributed by atoms with van der Waals surface area (Å²) in [7, 11) is 3.13.